The molecule has 1 saturated heterocycles. The standard InChI is InChI=1S/C32H36N2O13/c1-12-26(37)17(34-20(36)8-7-16(33)31(42)43)9-21(46-12)47-19-11-32(44,13(2)35)10-15-23(19)30(41)25-24(28(15)39)27(38)14-5-4-6-18(45-3)22(14)29(25)40/h4-6,12,16-17,19,21,26,37,39,41,44H,7-11,33H2,1-3H3,(H,34,36)(H,42,43). The Labute approximate surface area is 268 Å². The monoisotopic (exact) mass is 656 g/mol. The first-order valence-electron chi connectivity index (χ1n) is 15.0. The summed E-state index contributed by atoms with van der Waals surface area (Å²) in [6.07, 6.45) is -6.22. The molecule has 8 N–H and O–H groups in total. The van der Waals surface area contributed by atoms with Gasteiger partial charge in [0.15, 0.2) is 17.9 Å². The van der Waals surface area contributed by atoms with E-state index in [0.717, 1.165) is 6.92 Å². The number of rotatable bonds is 9. The highest BCUT2D eigenvalue weighted by molar-refractivity contribution is 6.31. The normalized spacial score (nSPS) is 27.2. The van der Waals surface area contributed by atoms with E-state index in [1.54, 1.807) is 0 Å². The lowest BCUT2D eigenvalue weighted by atomic mass is 9.72. The molecule has 0 aromatic heterocycles. The van der Waals surface area contributed by atoms with Crippen LogP contribution in [0.1, 0.15) is 88.6 Å². The Hall–Kier alpha value is -4.41. The Morgan fingerprint density at radius 1 is 1.13 bits per heavy atom. The van der Waals surface area contributed by atoms with Crippen molar-refractivity contribution < 1.29 is 63.7 Å². The maximum absolute atomic E-state index is 13.8. The van der Waals surface area contributed by atoms with E-state index >= 15 is 0 Å². The number of ether oxygens (including phenoxy) is 3. The van der Waals surface area contributed by atoms with Crippen LogP contribution in [0, 0.1) is 0 Å². The Morgan fingerprint density at radius 3 is 2.45 bits per heavy atom. The lowest BCUT2D eigenvalue weighted by molar-refractivity contribution is -0.249. The van der Waals surface area contributed by atoms with Crippen LogP contribution in [-0.4, -0.2) is 98.1 Å². The van der Waals surface area contributed by atoms with Crippen molar-refractivity contribution in [3.05, 3.63) is 51.6 Å². The summed E-state index contributed by atoms with van der Waals surface area (Å²) in [6, 6.07) is 2.13. The van der Waals surface area contributed by atoms with Gasteiger partial charge in [0.2, 0.25) is 11.7 Å². The number of aliphatic hydroxyl groups excluding tert-OH is 1. The number of aliphatic hydroxyl groups is 2. The number of aliphatic carboxylic acids is 1. The number of carbonyl (C=O) groups is 5. The number of phenols is 2. The lowest BCUT2D eigenvalue weighted by Crippen LogP contribution is -2.55. The zero-order chi connectivity index (χ0) is 34.5. The Balaban J connectivity index is 1.51. The maximum Gasteiger partial charge on any atom is 0.320 e. The average molecular weight is 657 g/mol. The largest absolute Gasteiger partial charge is 0.507 e. The van der Waals surface area contributed by atoms with Gasteiger partial charge in [-0.1, -0.05) is 12.1 Å². The third-order valence-electron chi connectivity index (χ3n) is 9.10. The van der Waals surface area contributed by atoms with Crippen LogP contribution in [0.3, 0.4) is 0 Å². The van der Waals surface area contributed by atoms with Gasteiger partial charge < -0.3 is 50.8 Å². The molecule has 1 amide bonds. The van der Waals surface area contributed by atoms with Gasteiger partial charge in [0, 0.05) is 42.4 Å². The molecular formula is C32H36N2O13. The number of nitrogens with two attached hydrogens (primary N) is 1. The van der Waals surface area contributed by atoms with Gasteiger partial charge in [-0.2, -0.15) is 0 Å². The second-order valence-electron chi connectivity index (χ2n) is 12.1. The third-order valence-corrected chi connectivity index (χ3v) is 9.10. The number of nitrogens with one attached hydrogen (secondary N) is 1. The van der Waals surface area contributed by atoms with Crippen molar-refractivity contribution in [2.75, 3.05) is 7.11 Å². The minimum Gasteiger partial charge on any atom is -0.507 e. The predicted molar refractivity (Wildman–Crippen MR) is 159 cm³/mol. The molecule has 1 fully saturated rings. The fourth-order valence-corrected chi connectivity index (χ4v) is 6.46. The first-order valence-corrected chi connectivity index (χ1v) is 15.0. The van der Waals surface area contributed by atoms with Gasteiger partial charge in [-0.05, 0) is 26.3 Å². The molecule has 2 aromatic carbocycles. The Bertz CT molecular complexity index is 1670. The first-order chi connectivity index (χ1) is 22.1. The molecule has 252 valence electrons. The van der Waals surface area contributed by atoms with Crippen molar-refractivity contribution in [2.24, 2.45) is 5.73 Å². The number of hydrogen-bond donors (Lipinski definition) is 7. The Kier molecular flexibility index (Phi) is 9.14. The van der Waals surface area contributed by atoms with Crippen LogP contribution >= 0.6 is 0 Å². The van der Waals surface area contributed by atoms with Crippen LogP contribution in [-0.2, 0) is 30.3 Å². The van der Waals surface area contributed by atoms with Crippen LogP contribution in [0.4, 0.5) is 0 Å². The van der Waals surface area contributed by atoms with Crippen molar-refractivity contribution in [1.29, 1.82) is 0 Å². The molecule has 0 saturated carbocycles. The highest BCUT2D eigenvalue weighted by atomic mass is 16.7. The number of aromatic hydroxyl groups is 2. The molecule has 7 unspecified atom stereocenters. The van der Waals surface area contributed by atoms with Gasteiger partial charge in [0.1, 0.15) is 35.0 Å². The summed E-state index contributed by atoms with van der Waals surface area (Å²) in [7, 11) is 1.31. The number of fused-ring (bicyclic) bond motifs is 3. The van der Waals surface area contributed by atoms with E-state index in [1.165, 1.54) is 32.2 Å². The van der Waals surface area contributed by atoms with Gasteiger partial charge in [0.05, 0.1) is 42.0 Å². The SMILES string of the molecule is COc1cccc2c1C(=O)c1c(O)c3c(c(O)c1C2=O)CC(O)(C(C)=O)CC3OC1CC(NC(=O)CCC(N)C(=O)O)C(O)C(C)O1. The molecule has 0 bridgehead atoms. The van der Waals surface area contributed by atoms with E-state index in [9.17, 15) is 44.4 Å². The Morgan fingerprint density at radius 2 is 1.81 bits per heavy atom. The van der Waals surface area contributed by atoms with E-state index in [2.05, 4.69) is 5.32 Å². The van der Waals surface area contributed by atoms with Crippen LogP contribution in [0.25, 0.3) is 0 Å². The molecular weight excluding hydrogens is 620 g/mol. The number of benzene rings is 2. The molecule has 15 nitrogen and oxygen atoms in total. The summed E-state index contributed by atoms with van der Waals surface area (Å²) < 4.78 is 17.3. The highest BCUT2D eigenvalue weighted by Gasteiger charge is 2.49. The molecule has 15 heteroatoms. The summed E-state index contributed by atoms with van der Waals surface area (Å²) in [5.74, 6) is -5.45. The number of carbonyl (C=O) groups excluding carboxylic acids is 4. The molecule has 47 heavy (non-hydrogen) atoms. The molecule has 7 atom stereocenters. The van der Waals surface area contributed by atoms with Crippen LogP contribution < -0.4 is 15.8 Å². The summed E-state index contributed by atoms with van der Waals surface area (Å²) in [6.45, 7) is 2.64. The molecule has 2 aliphatic carbocycles. The summed E-state index contributed by atoms with van der Waals surface area (Å²) in [5.41, 5.74) is 1.88. The van der Waals surface area contributed by atoms with E-state index in [-0.39, 0.29) is 47.3 Å². The fourth-order valence-electron chi connectivity index (χ4n) is 6.46. The van der Waals surface area contributed by atoms with E-state index in [4.69, 9.17) is 25.1 Å². The molecule has 2 aromatic rings. The average Bonchev–Trinajstić information content (AvgIpc) is 3.01. The zero-order valence-electron chi connectivity index (χ0n) is 25.8. The van der Waals surface area contributed by atoms with Gasteiger partial charge in [-0.25, -0.2) is 0 Å². The maximum atomic E-state index is 13.8. The van der Waals surface area contributed by atoms with Crippen molar-refractivity contribution in [2.45, 2.75) is 88.2 Å². The van der Waals surface area contributed by atoms with Crippen molar-refractivity contribution in [1.82, 2.24) is 5.32 Å². The molecule has 1 heterocycles. The zero-order valence-corrected chi connectivity index (χ0v) is 25.8. The summed E-state index contributed by atoms with van der Waals surface area (Å²) in [5, 5.41) is 56.8. The molecule has 5 rings (SSSR count). The van der Waals surface area contributed by atoms with E-state index in [0.29, 0.717) is 0 Å². The first kappa shape index (κ1) is 33.9. The van der Waals surface area contributed by atoms with Crippen molar-refractivity contribution in [3.8, 4) is 17.2 Å². The van der Waals surface area contributed by atoms with Gasteiger partial charge in [-0.3, -0.25) is 24.0 Å². The summed E-state index contributed by atoms with van der Waals surface area (Å²) >= 11 is 0. The molecule has 0 spiro atoms. The van der Waals surface area contributed by atoms with Crippen LogP contribution in [0.2, 0.25) is 0 Å². The second kappa shape index (κ2) is 12.7. The van der Waals surface area contributed by atoms with Gasteiger partial charge >= 0.3 is 5.97 Å². The fraction of sp³-hybridized carbons (Fsp3) is 0.469. The number of ketones is 3. The minimum atomic E-state index is -2.12. The highest BCUT2D eigenvalue weighted by Crippen LogP contribution is 2.52. The number of phenolic OH excluding ortho intramolecular Hbond substituents is 2. The molecule has 0 radical (unpaired) electrons. The molecule has 1 aliphatic heterocycles. The van der Waals surface area contributed by atoms with E-state index in [1.807, 2.05) is 0 Å². The van der Waals surface area contributed by atoms with Crippen LogP contribution in [0.5, 0.6) is 17.2 Å². The van der Waals surface area contributed by atoms with Gasteiger partial charge in [0.25, 0.3) is 0 Å². The lowest BCUT2D eigenvalue weighted by Gasteiger charge is -2.42. The van der Waals surface area contributed by atoms with Crippen LogP contribution in [0.15, 0.2) is 18.2 Å². The third kappa shape index (κ3) is 5.96. The smallest absolute Gasteiger partial charge is 0.320 e. The predicted octanol–water partition coefficient (Wildman–Crippen LogP) is 0.379. The van der Waals surface area contributed by atoms with Crippen molar-refractivity contribution in [3.63, 3.8) is 0 Å². The van der Waals surface area contributed by atoms with E-state index < -0.39 is 107 Å². The second-order valence-corrected chi connectivity index (χ2v) is 12.1. The number of carboxylic acid groups (broad SMARTS) is 1. The van der Waals surface area contributed by atoms with Gasteiger partial charge in [-0.15, -0.1) is 0 Å². The number of amides is 1. The molecule has 3 aliphatic rings. The van der Waals surface area contributed by atoms with Crippen molar-refractivity contribution >= 4 is 29.2 Å². The number of carboxylic acids is 1. The number of Topliss-reactive ketones (excluding diaryl/α,β-unsaturated/α-hetero) is 1. The topological polar surface area (TPSA) is 252 Å². The number of methoxy groups -OCH3 is 1. The summed E-state index contributed by atoms with van der Waals surface area (Å²) in [4.78, 5) is 63.7. The quantitative estimate of drug-likeness (QED) is 0.154. The number of hydrogen-bond acceptors (Lipinski definition) is 13. The minimum absolute atomic E-state index is 0.0666.